The van der Waals surface area contributed by atoms with Gasteiger partial charge in [-0.1, -0.05) is 25.4 Å². The Bertz CT molecular complexity index is 838. The second kappa shape index (κ2) is 7.43. The van der Waals surface area contributed by atoms with Crippen molar-refractivity contribution in [3.8, 4) is 0 Å². The van der Waals surface area contributed by atoms with E-state index in [1.165, 1.54) is 0 Å². The fourth-order valence-corrected chi connectivity index (χ4v) is 2.93. The number of rotatable bonds is 6. The molecule has 136 valence electrons. The van der Waals surface area contributed by atoms with Gasteiger partial charge in [0.05, 0.1) is 28.0 Å². The molecule has 0 spiro atoms. The first-order valence-electron chi connectivity index (χ1n) is 7.87. The summed E-state index contributed by atoms with van der Waals surface area (Å²) in [6, 6.07) is 1.97. The maximum absolute atomic E-state index is 13.1. The zero-order valence-electron chi connectivity index (χ0n) is 13.9. The van der Waals surface area contributed by atoms with Crippen molar-refractivity contribution >= 4 is 34.8 Å². The maximum atomic E-state index is 13.1. The summed E-state index contributed by atoms with van der Waals surface area (Å²) in [5.41, 5.74) is -0.900. The molecular weight excluding hydrogens is 355 g/mol. The topological polar surface area (TPSA) is 68.8 Å². The zero-order chi connectivity index (χ0) is 18.8. The molecule has 2 rings (SSSR count). The summed E-state index contributed by atoms with van der Waals surface area (Å²) < 4.78 is 40.4. The summed E-state index contributed by atoms with van der Waals surface area (Å²) in [6.45, 7) is 5.30. The molecule has 0 radical (unpaired) electrons. The number of hydrogen-bond donors (Lipinski definition) is 2. The minimum Gasteiger partial charge on any atom is -0.354 e. The van der Waals surface area contributed by atoms with Crippen LogP contribution in [0, 0.1) is 10.8 Å². The van der Waals surface area contributed by atoms with Gasteiger partial charge in [-0.25, -0.2) is 4.98 Å². The third-order valence-electron chi connectivity index (χ3n) is 3.72. The maximum Gasteiger partial charge on any atom is 0.417 e. The van der Waals surface area contributed by atoms with Gasteiger partial charge in [0.2, 0.25) is 0 Å². The van der Waals surface area contributed by atoms with Crippen LogP contribution in [0.1, 0.15) is 32.3 Å². The average molecular weight is 374 g/mol. The van der Waals surface area contributed by atoms with E-state index in [1.54, 1.807) is 0 Å². The molecular formula is C16H19ClF3N5. The van der Waals surface area contributed by atoms with E-state index in [4.69, 9.17) is 22.4 Å². The number of fused-ring (bicyclic) bond motifs is 1. The molecule has 0 aliphatic rings. The van der Waals surface area contributed by atoms with Crippen molar-refractivity contribution in [2.75, 3.05) is 18.0 Å². The molecule has 0 aliphatic heterocycles. The molecule has 0 amide bonds. The molecule has 25 heavy (non-hydrogen) atoms. The predicted molar refractivity (Wildman–Crippen MR) is 92.6 cm³/mol. The number of aromatic nitrogens is 2. The molecule has 1 heterocycles. The van der Waals surface area contributed by atoms with Crippen LogP contribution in [0.15, 0.2) is 12.1 Å². The predicted octanol–water partition coefficient (Wildman–Crippen LogP) is 4.27. The molecule has 1 aromatic heterocycles. The summed E-state index contributed by atoms with van der Waals surface area (Å²) in [4.78, 5) is 6.26. The fourth-order valence-electron chi connectivity index (χ4n) is 2.66. The van der Waals surface area contributed by atoms with Crippen molar-refractivity contribution in [3.63, 3.8) is 0 Å². The van der Waals surface area contributed by atoms with Crippen LogP contribution in [0.2, 0.25) is 5.02 Å². The largest absolute Gasteiger partial charge is 0.417 e. The van der Waals surface area contributed by atoms with E-state index in [0.717, 1.165) is 35.9 Å². The molecule has 0 fully saturated rings. The van der Waals surface area contributed by atoms with Crippen LogP contribution in [0.25, 0.3) is 11.0 Å². The van der Waals surface area contributed by atoms with Gasteiger partial charge in [-0.3, -0.25) is 15.4 Å². The quantitative estimate of drug-likeness (QED) is 0.586. The summed E-state index contributed by atoms with van der Waals surface area (Å²) in [5, 5.41) is 15.4. The van der Waals surface area contributed by atoms with Crippen molar-refractivity contribution in [1.82, 2.24) is 9.55 Å². The van der Waals surface area contributed by atoms with Crippen molar-refractivity contribution in [2.24, 2.45) is 0 Å². The van der Waals surface area contributed by atoms with Gasteiger partial charge in [-0.05, 0) is 25.0 Å². The van der Waals surface area contributed by atoms with Gasteiger partial charge < -0.3 is 4.90 Å². The summed E-state index contributed by atoms with van der Waals surface area (Å²) in [5.74, 6) is 0.329. The minimum atomic E-state index is -4.62. The molecule has 0 saturated carbocycles. The highest BCUT2D eigenvalue weighted by Gasteiger charge is 2.34. The second-order valence-corrected chi connectivity index (χ2v) is 6.00. The van der Waals surface area contributed by atoms with Crippen LogP contribution in [0.3, 0.4) is 0 Å². The highest BCUT2D eigenvalue weighted by molar-refractivity contribution is 6.32. The van der Waals surface area contributed by atoms with Gasteiger partial charge in [-0.15, -0.1) is 0 Å². The zero-order valence-corrected chi connectivity index (χ0v) is 14.7. The highest BCUT2D eigenvalue weighted by atomic mass is 35.5. The van der Waals surface area contributed by atoms with Crippen LogP contribution in [-0.4, -0.2) is 29.0 Å². The molecule has 1 aromatic carbocycles. The molecule has 5 nitrogen and oxygen atoms in total. The van der Waals surface area contributed by atoms with Gasteiger partial charge in [0.15, 0.2) is 11.3 Å². The Morgan fingerprint density at radius 3 is 2.32 bits per heavy atom. The normalized spacial score (nSPS) is 11.8. The first kappa shape index (κ1) is 19.2. The highest BCUT2D eigenvalue weighted by Crippen LogP contribution is 2.36. The lowest BCUT2D eigenvalue weighted by Gasteiger charge is -2.24. The van der Waals surface area contributed by atoms with Crippen LogP contribution in [-0.2, 0) is 6.18 Å². The number of nitrogens with one attached hydrogen (secondary N) is 2. The number of benzene rings is 1. The lowest BCUT2D eigenvalue weighted by molar-refractivity contribution is -0.137. The SMILES string of the molecule is CCCN(CCC)c1nc2cc(Cl)c(C(F)(F)F)cc2n(C=N)c1=N. The van der Waals surface area contributed by atoms with Crippen molar-refractivity contribution < 1.29 is 13.2 Å². The van der Waals surface area contributed by atoms with E-state index in [0.29, 0.717) is 18.9 Å². The van der Waals surface area contributed by atoms with Gasteiger partial charge >= 0.3 is 6.18 Å². The molecule has 2 aromatic rings. The third-order valence-corrected chi connectivity index (χ3v) is 4.04. The average Bonchev–Trinajstić information content (AvgIpc) is 2.53. The van der Waals surface area contributed by atoms with Gasteiger partial charge in [0.1, 0.15) is 0 Å². The fraction of sp³-hybridized carbons (Fsp3) is 0.438. The summed E-state index contributed by atoms with van der Waals surface area (Å²) in [7, 11) is 0. The molecule has 2 N–H and O–H groups in total. The summed E-state index contributed by atoms with van der Waals surface area (Å²) in [6.07, 6.45) is -2.14. The molecule has 0 aliphatic carbocycles. The Hall–Kier alpha value is -2.09. The number of nitrogens with zero attached hydrogens (tertiary/aromatic N) is 3. The third kappa shape index (κ3) is 3.78. The van der Waals surface area contributed by atoms with E-state index in [9.17, 15) is 13.2 Å². The van der Waals surface area contributed by atoms with Crippen molar-refractivity contribution in [2.45, 2.75) is 32.9 Å². The summed E-state index contributed by atoms with van der Waals surface area (Å²) >= 11 is 5.79. The van der Waals surface area contributed by atoms with Gasteiger partial charge in [-0.2, -0.15) is 13.2 Å². The first-order chi connectivity index (χ1) is 11.7. The smallest absolute Gasteiger partial charge is 0.354 e. The second-order valence-electron chi connectivity index (χ2n) is 5.59. The van der Waals surface area contributed by atoms with E-state index in [-0.39, 0.29) is 16.5 Å². The Morgan fingerprint density at radius 2 is 1.84 bits per heavy atom. The number of halogens is 4. The molecule has 0 atom stereocenters. The van der Waals surface area contributed by atoms with Crippen molar-refractivity contribution in [1.29, 1.82) is 10.8 Å². The number of hydrogen-bond acceptors (Lipinski definition) is 4. The standard InChI is InChI=1S/C16H19ClF3N5/c1-3-5-24(6-4-2)15-14(22)25(9-21)13-7-10(16(18,19)20)11(17)8-12(13)23-15/h7-9,21-22H,3-6H2,1-2H3. The van der Waals surface area contributed by atoms with E-state index in [1.807, 2.05) is 18.7 Å². The van der Waals surface area contributed by atoms with E-state index in [2.05, 4.69) is 4.98 Å². The molecule has 0 unspecified atom stereocenters. The van der Waals surface area contributed by atoms with E-state index >= 15 is 0 Å². The number of anilines is 1. The van der Waals surface area contributed by atoms with Crippen LogP contribution in [0.5, 0.6) is 0 Å². The molecule has 0 saturated heterocycles. The van der Waals surface area contributed by atoms with Crippen LogP contribution < -0.4 is 10.4 Å². The molecule has 9 heteroatoms. The minimum absolute atomic E-state index is 0.0217. The Kier molecular flexibility index (Phi) is 5.72. The molecule has 0 bridgehead atoms. The lowest BCUT2D eigenvalue weighted by atomic mass is 10.1. The van der Waals surface area contributed by atoms with Gasteiger partial charge in [0, 0.05) is 13.1 Å². The Labute approximate surface area is 148 Å². The Balaban J connectivity index is 2.80. The van der Waals surface area contributed by atoms with Gasteiger partial charge in [0.25, 0.3) is 0 Å². The lowest BCUT2D eigenvalue weighted by Crippen LogP contribution is -2.35. The first-order valence-corrected chi connectivity index (χ1v) is 8.25. The van der Waals surface area contributed by atoms with E-state index < -0.39 is 16.8 Å². The number of alkyl halides is 3. The van der Waals surface area contributed by atoms with Crippen LogP contribution >= 0.6 is 11.6 Å². The van der Waals surface area contributed by atoms with Crippen LogP contribution in [0.4, 0.5) is 19.0 Å². The Morgan fingerprint density at radius 1 is 1.24 bits per heavy atom. The monoisotopic (exact) mass is 373 g/mol. The van der Waals surface area contributed by atoms with Crippen molar-refractivity contribution in [3.05, 3.63) is 28.2 Å².